The Kier molecular flexibility index (Phi) is 6.23. The Morgan fingerprint density at radius 2 is 1.77 bits per heavy atom. The Morgan fingerprint density at radius 3 is 2.52 bits per heavy atom. The molecule has 0 bridgehead atoms. The first kappa shape index (κ1) is 20.2. The number of carbonyl (C=O) groups is 1. The molecule has 0 atom stereocenters. The molecular formula is C24H22N4O3. The van der Waals surface area contributed by atoms with E-state index in [1.165, 1.54) is 0 Å². The van der Waals surface area contributed by atoms with Crippen molar-refractivity contribution in [2.75, 3.05) is 20.3 Å². The van der Waals surface area contributed by atoms with E-state index >= 15 is 0 Å². The summed E-state index contributed by atoms with van der Waals surface area (Å²) >= 11 is 0. The number of ether oxygens (including phenoxy) is 2. The van der Waals surface area contributed by atoms with Crippen molar-refractivity contribution in [3.8, 4) is 28.4 Å². The van der Waals surface area contributed by atoms with Gasteiger partial charge in [-0.15, -0.1) is 0 Å². The number of hydrogen-bond acceptors (Lipinski definition) is 5. The topological polar surface area (TPSA) is 78.3 Å². The number of benzene rings is 2. The van der Waals surface area contributed by atoms with Crippen LogP contribution in [0.25, 0.3) is 16.9 Å². The van der Waals surface area contributed by atoms with E-state index < -0.39 is 0 Å². The molecule has 1 amide bonds. The van der Waals surface area contributed by atoms with Crippen molar-refractivity contribution >= 4 is 5.91 Å². The molecule has 7 nitrogen and oxygen atoms in total. The lowest BCUT2D eigenvalue weighted by molar-refractivity contribution is 0.0947. The second-order valence-corrected chi connectivity index (χ2v) is 6.67. The van der Waals surface area contributed by atoms with Crippen molar-refractivity contribution in [2.45, 2.75) is 0 Å². The van der Waals surface area contributed by atoms with Gasteiger partial charge in [-0.05, 0) is 36.4 Å². The Morgan fingerprint density at radius 1 is 1.00 bits per heavy atom. The first-order valence-corrected chi connectivity index (χ1v) is 9.86. The minimum Gasteiger partial charge on any atom is -0.493 e. The number of nitrogens with zero attached hydrogens (tertiary/aromatic N) is 3. The van der Waals surface area contributed by atoms with Gasteiger partial charge in [0, 0.05) is 24.2 Å². The van der Waals surface area contributed by atoms with Gasteiger partial charge >= 0.3 is 0 Å². The number of pyridine rings is 1. The molecule has 31 heavy (non-hydrogen) atoms. The second kappa shape index (κ2) is 9.58. The van der Waals surface area contributed by atoms with Crippen LogP contribution in [0.5, 0.6) is 11.5 Å². The van der Waals surface area contributed by atoms with Crippen LogP contribution in [0.2, 0.25) is 0 Å². The van der Waals surface area contributed by atoms with Crippen LogP contribution in [0.3, 0.4) is 0 Å². The summed E-state index contributed by atoms with van der Waals surface area (Å²) in [6, 6.07) is 20.7. The molecular weight excluding hydrogens is 392 g/mol. The van der Waals surface area contributed by atoms with Crippen LogP contribution in [0, 0.1) is 0 Å². The smallest absolute Gasteiger partial charge is 0.255 e. The number of methoxy groups -OCH3 is 1. The summed E-state index contributed by atoms with van der Waals surface area (Å²) in [5, 5.41) is 7.54. The molecule has 0 saturated carbocycles. The maximum absolute atomic E-state index is 13.0. The van der Waals surface area contributed by atoms with Crippen molar-refractivity contribution in [3.05, 3.63) is 90.9 Å². The third-order valence-electron chi connectivity index (χ3n) is 4.63. The number of amides is 1. The van der Waals surface area contributed by atoms with Crippen molar-refractivity contribution in [1.29, 1.82) is 0 Å². The molecule has 0 radical (unpaired) electrons. The maximum atomic E-state index is 13.0. The summed E-state index contributed by atoms with van der Waals surface area (Å²) < 4.78 is 12.7. The third-order valence-corrected chi connectivity index (χ3v) is 4.63. The van der Waals surface area contributed by atoms with Gasteiger partial charge in [-0.3, -0.25) is 9.78 Å². The SMILES string of the molecule is COc1ccccc1OCCNC(=O)c1cn(-c2ccccc2)nc1-c1cccnc1. The Balaban J connectivity index is 1.49. The minimum atomic E-state index is -0.232. The van der Waals surface area contributed by atoms with Crippen molar-refractivity contribution < 1.29 is 14.3 Å². The Hall–Kier alpha value is -4.13. The highest BCUT2D eigenvalue weighted by molar-refractivity contribution is 5.99. The monoisotopic (exact) mass is 414 g/mol. The lowest BCUT2D eigenvalue weighted by Crippen LogP contribution is -2.28. The summed E-state index contributed by atoms with van der Waals surface area (Å²) in [6.07, 6.45) is 5.11. The largest absolute Gasteiger partial charge is 0.493 e. The quantitative estimate of drug-likeness (QED) is 0.444. The molecule has 4 aromatic rings. The first-order valence-electron chi connectivity index (χ1n) is 9.86. The van der Waals surface area contributed by atoms with Crippen LogP contribution in [-0.4, -0.2) is 40.9 Å². The predicted molar refractivity (Wildman–Crippen MR) is 118 cm³/mol. The normalized spacial score (nSPS) is 10.5. The number of nitrogens with one attached hydrogen (secondary N) is 1. The van der Waals surface area contributed by atoms with Crippen LogP contribution < -0.4 is 14.8 Å². The van der Waals surface area contributed by atoms with Crippen molar-refractivity contribution in [1.82, 2.24) is 20.1 Å². The van der Waals surface area contributed by atoms with Gasteiger partial charge in [-0.1, -0.05) is 30.3 Å². The molecule has 2 aromatic carbocycles. The number of carbonyl (C=O) groups excluding carboxylic acids is 1. The van der Waals surface area contributed by atoms with E-state index in [4.69, 9.17) is 9.47 Å². The number of hydrogen-bond donors (Lipinski definition) is 1. The average Bonchev–Trinajstić information content (AvgIpc) is 3.29. The van der Waals surface area contributed by atoms with Gasteiger partial charge < -0.3 is 14.8 Å². The van der Waals surface area contributed by atoms with Gasteiger partial charge in [-0.25, -0.2) is 4.68 Å². The van der Waals surface area contributed by atoms with E-state index in [0.717, 1.165) is 11.3 Å². The summed E-state index contributed by atoms with van der Waals surface area (Å²) in [5.74, 6) is 1.05. The van der Waals surface area contributed by atoms with E-state index in [0.29, 0.717) is 35.9 Å². The fraction of sp³-hybridized carbons (Fsp3) is 0.125. The molecule has 0 unspecified atom stereocenters. The summed E-state index contributed by atoms with van der Waals surface area (Å²) in [6.45, 7) is 0.640. The zero-order valence-corrected chi connectivity index (χ0v) is 17.1. The van der Waals surface area contributed by atoms with E-state index in [2.05, 4.69) is 15.4 Å². The third kappa shape index (κ3) is 4.72. The maximum Gasteiger partial charge on any atom is 0.255 e. The summed E-state index contributed by atoms with van der Waals surface area (Å²) in [7, 11) is 1.59. The number of rotatable bonds is 8. The number of aromatic nitrogens is 3. The minimum absolute atomic E-state index is 0.232. The van der Waals surface area contributed by atoms with E-state index in [1.54, 1.807) is 30.4 Å². The van der Waals surface area contributed by atoms with Crippen LogP contribution in [-0.2, 0) is 0 Å². The summed E-state index contributed by atoms with van der Waals surface area (Å²) in [5.41, 5.74) is 2.67. The van der Waals surface area contributed by atoms with Gasteiger partial charge in [0.15, 0.2) is 11.5 Å². The molecule has 4 rings (SSSR count). The average molecular weight is 414 g/mol. The Bertz CT molecular complexity index is 1140. The molecule has 0 aliphatic heterocycles. The molecule has 0 spiro atoms. The number of para-hydroxylation sites is 3. The van der Waals surface area contributed by atoms with Crippen molar-refractivity contribution in [2.24, 2.45) is 0 Å². The Labute approximate surface area is 180 Å². The standard InChI is InChI=1S/C24H22N4O3/c1-30-21-11-5-6-12-22(21)31-15-14-26-24(29)20-17-28(19-9-3-2-4-10-19)27-23(20)18-8-7-13-25-16-18/h2-13,16-17H,14-15H2,1H3,(H,26,29). The zero-order chi connectivity index (χ0) is 21.5. The lowest BCUT2D eigenvalue weighted by atomic mass is 10.1. The lowest BCUT2D eigenvalue weighted by Gasteiger charge is -2.10. The van der Waals surface area contributed by atoms with Gasteiger partial charge in [-0.2, -0.15) is 5.10 Å². The molecule has 7 heteroatoms. The van der Waals surface area contributed by atoms with E-state index in [1.807, 2.05) is 66.7 Å². The highest BCUT2D eigenvalue weighted by Crippen LogP contribution is 2.26. The van der Waals surface area contributed by atoms with Crippen LogP contribution in [0.1, 0.15) is 10.4 Å². The van der Waals surface area contributed by atoms with Crippen molar-refractivity contribution in [3.63, 3.8) is 0 Å². The highest BCUT2D eigenvalue weighted by Gasteiger charge is 2.18. The molecule has 2 heterocycles. The van der Waals surface area contributed by atoms with Crippen LogP contribution in [0.4, 0.5) is 0 Å². The van der Waals surface area contributed by atoms with E-state index in [-0.39, 0.29) is 5.91 Å². The molecule has 0 fully saturated rings. The predicted octanol–water partition coefficient (Wildman–Crippen LogP) is 3.75. The van der Waals surface area contributed by atoms with Gasteiger partial charge in [0.05, 0.1) is 24.9 Å². The highest BCUT2D eigenvalue weighted by atomic mass is 16.5. The fourth-order valence-corrected chi connectivity index (χ4v) is 3.13. The van der Waals surface area contributed by atoms with Crippen LogP contribution >= 0.6 is 0 Å². The van der Waals surface area contributed by atoms with Gasteiger partial charge in [0.1, 0.15) is 12.3 Å². The zero-order valence-electron chi connectivity index (χ0n) is 17.1. The molecule has 0 aliphatic carbocycles. The molecule has 0 saturated heterocycles. The fourth-order valence-electron chi connectivity index (χ4n) is 3.13. The van der Waals surface area contributed by atoms with Crippen LogP contribution in [0.15, 0.2) is 85.3 Å². The molecule has 156 valence electrons. The van der Waals surface area contributed by atoms with Gasteiger partial charge in [0.25, 0.3) is 5.91 Å². The first-order chi connectivity index (χ1) is 15.3. The molecule has 0 aliphatic rings. The molecule has 1 N–H and O–H groups in total. The van der Waals surface area contributed by atoms with Gasteiger partial charge in [0.2, 0.25) is 0 Å². The molecule has 2 aromatic heterocycles. The second-order valence-electron chi connectivity index (χ2n) is 6.67. The summed E-state index contributed by atoms with van der Waals surface area (Å²) in [4.78, 5) is 17.1. The van der Waals surface area contributed by atoms with E-state index in [9.17, 15) is 4.79 Å².